The van der Waals surface area contributed by atoms with Gasteiger partial charge in [0.15, 0.2) is 0 Å². The summed E-state index contributed by atoms with van der Waals surface area (Å²) in [6.07, 6.45) is 0. The third kappa shape index (κ3) is 2.90. The third-order valence-electron chi connectivity index (χ3n) is 6.30. The molecule has 1 saturated heterocycles. The van der Waals surface area contributed by atoms with Crippen LogP contribution in [-0.2, 0) is 21.1 Å². The van der Waals surface area contributed by atoms with E-state index < -0.39 is 18.3 Å². The number of hydrogen-bond acceptors (Lipinski definition) is 4. The number of aryl methyl sites for hydroxylation is 2. The average Bonchev–Trinajstić information content (AvgIpc) is 2.91. The van der Waals surface area contributed by atoms with Gasteiger partial charge in [-0.25, -0.2) is 4.79 Å². The summed E-state index contributed by atoms with van der Waals surface area (Å²) in [6.45, 7) is 16.5. The lowest BCUT2D eigenvalue weighted by molar-refractivity contribution is 0.00578. The second kappa shape index (κ2) is 6.38. The van der Waals surface area contributed by atoms with Crippen LogP contribution >= 0.6 is 0 Å². The highest BCUT2D eigenvalue weighted by molar-refractivity contribution is 6.65. The zero-order chi connectivity index (χ0) is 20.3. The molecule has 0 unspecified atom stereocenters. The minimum atomic E-state index is -0.486. The van der Waals surface area contributed by atoms with Crippen molar-refractivity contribution in [1.82, 2.24) is 4.57 Å². The summed E-state index contributed by atoms with van der Waals surface area (Å²) in [5.41, 5.74) is 4.83. The van der Waals surface area contributed by atoms with Gasteiger partial charge in [0.25, 0.3) is 0 Å². The van der Waals surface area contributed by atoms with Crippen LogP contribution in [0.25, 0.3) is 10.9 Å². The Hall–Kier alpha value is -1.79. The zero-order valence-electron chi connectivity index (χ0n) is 17.9. The van der Waals surface area contributed by atoms with Gasteiger partial charge in [0.2, 0.25) is 0 Å². The molecule has 3 rings (SSSR count). The summed E-state index contributed by atoms with van der Waals surface area (Å²) in [7, 11) is 1.49. The molecule has 1 aliphatic heterocycles. The van der Waals surface area contributed by atoms with Gasteiger partial charge in [0.05, 0.1) is 23.4 Å². The van der Waals surface area contributed by atoms with E-state index >= 15 is 0 Å². The number of esters is 1. The van der Waals surface area contributed by atoms with Gasteiger partial charge in [0, 0.05) is 29.1 Å². The lowest BCUT2D eigenvalue weighted by atomic mass is 9.73. The lowest BCUT2D eigenvalue weighted by Gasteiger charge is -2.32. The maximum absolute atomic E-state index is 12.6. The van der Waals surface area contributed by atoms with Gasteiger partial charge < -0.3 is 18.6 Å². The molecule has 2 aromatic rings. The van der Waals surface area contributed by atoms with Crippen molar-refractivity contribution in [1.29, 1.82) is 0 Å². The number of rotatable bonds is 3. The van der Waals surface area contributed by atoms with Gasteiger partial charge in [-0.15, -0.1) is 0 Å². The van der Waals surface area contributed by atoms with E-state index in [1.807, 2.05) is 20.9 Å². The predicted molar refractivity (Wildman–Crippen MR) is 109 cm³/mol. The number of nitrogens with zero attached hydrogens (tertiary/aromatic N) is 1. The first-order valence-electron chi connectivity index (χ1n) is 9.54. The fourth-order valence-corrected chi connectivity index (χ4v) is 3.72. The van der Waals surface area contributed by atoms with Crippen molar-refractivity contribution < 1.29 is 18.8 Å². The highest BCUT2D eigenvalue weighted by atomic mass is 16.7. The van der Waals surface area contributed by atoms with Crippen LogP contribution in [-0.4, -0.2) is 35.5 Å². The quantitative estimate of drug-likeness (QED) is 0.611. The van der Waals surface area contributed by atoms with Crippen LogP contribution in [0.2, 0.25) is 0 Å². The zero-order valence-corrected chi connectivity index (χ0v) is 17.9. The van der Waals surface area contributed by atoms with Crippen molar-refractivity contribution in [2.45, 2.75) is 66.6 Å². The maximum Gasteiger partial charge on any atom is 0.497 e. The fourth-order valence-electron chi connectivity index (χ4n) is 3.72. The fraction of sp³-hybridized carbons (Fsp3) is 0.571. The summed E-state index contributed by atoms with van der Waals surface area (Å²) in [5, 5.41) is 0.890. The third-order valence-corrected chi connectivity index (χ3v) is 6.30. The van der Waals surface area contributed by atoms with E-state index in [1.54, 1.807) is 0 Å². The number of fused-ring (bicyclic) bond motifs is 1. The molecule has 0 N–H and O–H groups in total. The number of carbonyl (C=O) groups is 1. The Morgan fingerprint density at radius 3 is 2.22 bits per heavy atom. The van der Waals surface area contributed by atoms with Crippen molar-refractivity contribution in [2.24, 2.45) is 7.05 Å². The average molecular weight is 371 g/mol. The molecular weight excluding hydrogens is 341 g/mol. The molecule has 1 aliphatic rings. The smallest absolute Gasteiger partial charge is 0.462 e. The number of hydrogen-bond donors (Lipinski definition) is 0. The number of carbonyl (C=O) groups excluding carboxylic acids is 1. The van der Waals surface area contributed by atoms with Crippen molar-refractivity contribution in [3.05, 3.63) is 28.5 Å². The number of benzene rings is 1. The van der Waals surface area contributed by atoms with Crippen molar-refractivity contribution in [3.63, 3.8) is 0 Å². The summed E-state index contributed by atoms with van der Waals surface area (Å²) in [5.74, 6) is -0.288. The lowest BCUT2D eigenvalue weighted by Crippen LogP contribution is -2.41. The topological polar surface area (TPSA) is 49.7 Å². The standard InChI is InChI=1S/C21H30BNO4/c1-10-25-19(24)16-14(4)23(9)18-15(16)11-12(2)13(3)17(18)22-26-20(5,6)21(7,8)27-22/h11H,10H2,1-9H3. The first-order chi connectivity index (χ1) is 12.4. The molecule has 0 atom stereocenters. The van der Waals surface area contributed by atoms with E-state index in [4.69, 9.17) is 14.0 Å². The van der Waals surface area contributed by atoms with Crippen molar-refractivity contribution in [2.75, 3.05) is 6.61 Å². The number of ether oxygens (including phenoxy) is 1. The van der Waals surface area contributed by atoms with Crippen LogP contribution in [0.1, 0.15) is 61.8 Å². The molecule has 6 heteroatoms. The Balaban J connectivity index is 2.30. The van der Waals surface area contributed by atoms with E-state index in [1.165, 1.54) is 0 Å². The molecule has 0 bridgehead atoms. The molecular formula is C21H30BNO4. The first kappa shape index (κ1) is 20.0. The molecule has 2 heterocycles. The molecule has 1 aromatic carbocycles. The van der Waals surface area contributed by atoms with Gasteiger partial charge in [-0.2, -0.15) is 0 Å². The van der Waals surface area contributed by atoms with E-state index in [0.29, 0.717) is 12.2 Å². The van der Waals surface area contributed by atoms with Crippen LogP contribution in [0.3, 0.4) is 0 Å². The summed E-state index contributed by atoms with van der Waals surface area (Å²) in [4.78, 5) is 12.6. The van der Waals surface area contributed by atoms with Gasteiger partial charge >= 0.3 is 13.1 Å². The Morgan fingerprint density at radius 2 is 1.70 bits per heavy atom. The van der Waals surface area contributed by atoms with E-state index in [2.05, 4.69) is 52.2 Å². The van der Waals surface area contributed by atoms with E-state index in [9.17, 15) is 4.79 Å². The van der Waals surface area contributed by atoms with Gasteiger partial charge in [0.1, 0.15) is 0 Å². The molecule has 0 radical (unpaired) electrons. The largest absolute Gasteiger partial charge is 0.497 e. The minimum absolute atomic E-state index is 0.288. The van der Waals surface area contributed by atoms with Crippen LogP contribution < -0.4 is 5.46 Å². The Morgan fingerprint density at radius 1 is 1.15 bits per heavy atom. The van der Waals surface area contributed by atoms with Crippen molar-refractivity contribution in [3.8, 4) is 0 Å². The number of aromatic nitrogens is 1. The summed E-state index contributed by atoms with van der Waals surface area (Å²) >= 11 is 0. The molecule has 0 amide bonds. The highest BCUT2D eigenvalue weighted by Crippen LogP contribution is 2.38. The van der Waals surface area contributed by atoms with E-state index in [-0.39, 0.29) is 5.97 Å². The molecule has 0 saturated carbocycles. The van der Waals surface area contributed by atoms with Crippen LogP contribution in [0, 0.1) is 20.8 Å². The normalized spacial score (nSPS) is 18.3. The van der Waals surface area contributed by atoms with Crippen LogP contribution in [0.5, 0.6) is 0 Å². The summed E-state index contributed by atoms with van der Waals surface area (Å²) in [6, 6.07) is 2.07. The van der Waals surface area contributed by atoms with E-state index in [0.717, 1.165) is 33.2 Å². The van der Waals surface area contributed by atoms with Gasteiger partial charge in [-0.05, 0) is 72.6 Å². The SMILES string of the molecule is CCOC(=O)c1c(C)n(C)c2c(B3OC(C)(C)C(C)(C)O3)c(C)c(C)cc12. The molecule has 1 fully saturated rings. The van der Waals surface area contributed by atoms with Crippen LogP contribution in [0.15, 0.2) is 6.07 Å². The summed E-state index contributed by atoms with van der Waals surface area (Å²) < 4.78 is 20.1. The predicted octanol–water partition coefficient (Wildman–Crippen LogP) is 3.58. The minimum Gasteiger partial charge on any atom is -0.462 e. The van der Waals surface area contributed by atoms with Crippen molar-refractivity contribution >= 4 is 29.5 Å². The van der Waals surface area contributed by atoms with Gasteiger partial charge in [-0.3, -0.25) is 0 Å². The molecule has 5 nitrogen and oxygen atoms in total. The molecule has 27 heavy (non-hydrogen) atoms. The second-order valence-corrected chi connectivity index (χ2v) is 8.46. The second-order valence-electron chi connectivity index (χ2n) is 8.46. The van der Waals surface area contributed by atoms with Crippen LogP contribution in [0.4, 0.5) is 0 Å². The Bertz CT molecular complexity index is 910. The Labute approximate surface area is 162 Å². The molecule has 0 aliphatic carbocycles. The molecule has 146 valence electrons. The molecule has 1 aromatic heterocycles. The monoisotopic (exact) mass is 371 g/mol. The molecule has 0 spiro atoms. The maximum atomic E-state index is 12.6. The van der Waals surface area contributed by atoms with Gasteiger partial charge in [-0.1, -0.05) is 0 Å². The first-order valence-corrected chi connectivity index (χ1v) is 9.54. The highest BCUT2D eigenvalue weighted by Gasteiger charge is 2.53. The Kier molecular flexibility index (Phi) is 4.72.